The lowest BCUT2D eigenvalue weighted by molar-refractivity contribution is -0.115. The van der Waals surface area contributed by atoms with Gasteiger partial charge in [0.2, 0.25) is 5.91 Å². The monoisotopic (exact) mass is 392 g/mol. The molecule has 2 aromatic heterocycles. The minimum Gasteiger partial charge on any atom is -0.369 e. The van der Waals surface area contributed by atoms with Gasteiger partial charge in [-0.05, 0) is 29.8 Å². The van der Waals surface area contributed by atoms with Crippen LogP contribution in [-0.2, 0) is 4.79 Å². The second kappa shape index (κ2) is 8.14. The first-order chi connectivity index (χ1) is 13.7. The summed E-state index contributed by atoms with van der Waals surface area (Å²) in [6.07, 6.45) is 1.80. The van der Waals surface area contributed by atoms with Gasteiger partial charge in [0.15, 0.2) is 0 Å². The Morgan fingerprint density at radius 3 is 2.61 bits per heavy atom. The van der Waals surface area contributed by atoms with Crippen LogP contribution >= 0.6 is 11.3 Å². The third-order valence-corrected chi connectivity index (χ3v) is 5.11. The Bertz CT molecular complexity index is 1100. The van der Waals surface area contributed by atoms with Crippen LogP contribution in [0.5, 0.6) is 0 Å². The van der Waals surface area contributed by atoms with Gasteiger partial charge in [0.1, 0.15) is 22.8 Å². The number of amides is 1. The summed E-state index contributed by atoms with van der Waals surface area (Å²) < 4.78 is 13.2. The molecule has 0 aliphatic carbocycles. The Morgan fingerprint density at radius 1 is 1.04 bits per heavy atom. The Kier molecular flexibility index (Phi) is 5.25. The molecule has 2 aromatic carbocycles. The number of benzene rings is 2. The highest BCUT2D eigenvalue weighted by atomic mass is 32.1. The number of hydrogen-bond donors (Lipinski definition) is 2. The van der Waals surface area contributed by atoms with E-state index in [1.54, 1.807) is 12.1 Å². The predicted molar refractivity (Wildman–Crippen MR) is 111 cm³/mol. The number of hydrogen-bond acceptors (Lipinski definition) is 5. The van der Waals surface area contributed by atoms with Crippen molar-refractivity contribution in [2.75, 3.05) is 17.2 Å². The van der Waals surface area contributed by atoms with Crippen molar-refractivity contribution in [2.45, 2.75) is 6.42 Å². The molecule has 2 N–H and O–H groups in total. The molecule has 7 heteroatoms. The molecule has 4 aromatic rings. The van der Waals surface area contributed by atoms with E-state index in [9.17, 15) is 9.18 Å². The van der Waals surface area contributed by atoms with Gasteiger partial charge < -0.3 is 10.6 Å². The number of rotatable bonds is 6. The maximum absolute atomic E-state index is 13.2. The number of fused-ring (bicyclic) bond motifs is 1. The van der Waals surface area contributed by atoms with Crippen molar-refractivity contribution in [3.8, 4) is 11.1 Å². The van der Waals surface area contributed by atoms with Crippen LogP contribution in [0, 0.1) is 5.82 Å². The van der Waals surface area contributed by atoms with E-state index in [0.29, 0.717) is 18.8 Å². The Labute approximate surface area is 165 Å². The summed E-state index contributed by atoms with van der Waals surface area (Å²) >= 11 is 1.50. The van der Waals surface area contributed by atoms with Gasteiger partial charge in [-0.15, -0.1) is 11.3 Å². The molecule has 0 fully saturated rings. The van der Waals surface area contributed by atoms with Crippen molar-refractivity contribution in [3.63, 3.8) is 0 Å². The van der Waals surface area contributed by atoms with Gasteiger partial charge in [-0.1, -0.05) is 30.3 Å². The molecule has 0 aliphatic rings. The van der Waals surface area contributed by atoms with Crippen molar-refractivity contribution in [3.05, 3.63) is 72.1 Å². The van der Waals surface area contributed by atoms with Crippen molar-refractivity contribution < 1.29 is 9.18 Å². The smallest absolute Gasteiger partial charge is 0.226 e. The highest BCUT2D eigenvalue weighted by Gasteiger charge is 2.13. The maximum Gasteiger partial charge on any atom is 0.226 e. The van der Waals surface area contributed by atoms with E-state index >= 15 is 0 Å². The summed E-state index contributed by atoms with van der Waals surface area (Å²) in [5.41, 5.74) is 2.61. The number of carbonyl (C=O) groups is 1. The van der Waals surface area contributed by atoms with Crippen LogP contribution in [0.4, 0.5) is 15.9 Å². The van der Waals surface area contributed by atoms with Crippen LogP contribution in [0.25, 0.3) is 21.3 Å². The van der Waals surface area contributed by atoms with E-state index in [4.69, 9.17) is 0 Å². The lowest BCUT2D eigenvalue weighted by Gasteiger charge is -2.09. The van der Waals surface area contributed by atoms with Crippen molar-refractivity contribution in [1.29, 1.82) is 0 Å². The zero-order valence-corrected chi connectivity index (χ0v) is 15.7. The molecule has 5 nitrogen and oxygen atoms in total. The fourth-order valence-corrected chi connectivity index (χ4v) is 3.81. The number of anilines is 2. The summed E-state index contributed by atoms with van der Waals surface area (Å²) in [6.45, 7) is 0.434. The van der Waals surface area contributed by atoms with Gasteiger partial charge in [-0.25, -0.2) is 14.4 Å². The quantitative estimate of drug-likeness (QED) is 0.488. The molecule has 0 saturated heterocycles. The Morgan fingerprint density at radius 2 is 1.82 bits per heavy atom. The number of para-hydroxylation sites is 1. The zero-order valence-electron chi connectivity index (χ0n) is 14.9. The van der Waals surface area contributed by atoms with Crippen LogP contribution < -0.4 is 10.6 Å². The molecular formula is C21H17FN4OS. The third kappa shape index (κ3) is 3.99. The molecule has 0 spiro atoms. The molecule has 0 radical (unpaired) electrons. The predicted octanol–water partition coefficient (Wildman–Crippen LogP) is 4.94. The molecule has 140 valence electrons. The van der Waals surface area contributed by atoms with E-state index in [0.717, 1.165) is 27.0 Å². The average molecular weight is 392 g/mol. The van der Waals surface area contributed by atoms with Crippen LogP contribution in [0.1, 0.15) is 6.42 Å². The highest BCUT2D eigenvalue weighted by Crippen LogP contribution is 2.36. The fraction of sp³-hybridized carbons (Fsp3) is 0.0952. The summed E-state index contributed by atoms with van der Waals surface area (Å²) in [6, 6.07) is 15.7. The van der Waals surface area contributed by atoms with Crippen molar-refractivity contribution in [1.82, 2.24) is 9.97 Å². The largest absolute Gasteiger partial charge is 0.369 e. The summed E-state index contributed by atoms with van der Waals surface area (Å²) in [4.78, 5) is 21.6. The van der Waals surface area contributed by atoms with Crippen molar-refractivity contribution in [2.24, 2.45) is 0 Å². The standard InChI is InChI=1S/C21H17FN4OS/c22-15-8-6-14(7-9-15)17-12-28-21-19(17)20(24-13-25-21)23-11-10-18(27)26-16-4-2-1-3-5-16/h1-9,12-13H,10-11H2,(H,26,27)(H,23,24,25). The van der Waals surface area contributed by atoms with Gasteiger partial charge in [-0.2, -0.15) is 0 Å². The van der Waals surface area contributed by atoms with Crippen LogP contribution in [-0.4, -0.2) is 22.4 Å². The van der Waals surface area contributed by atoms with Crippen LogP contribution in [0.15, 0.2) is 66.3 Å². The number of thiophene rings is 1. The molecular weight excluding hydrogens is 375 g/mol. The lowest BCUT2D eigenvalue weighted by Crippen LogP contribution is -2.16. The van der Waals surface area contributed by atoms with E-state index in [-0.39, 0.29) is 11.7 Å². The van der Waals surface area contributed by atoms with Gasteiger partial charge >= 0.3 is 0 Å². The molecule has 2 heterocycles. The fourth-order valence-electron chi connectivity index (χ4n) is 2.89. The normalized spacial score (nSPS) is 10.8. The van der Waals surface area contributed by atoms with Crippen LogP contribution in [0.2, 0.25) is 0 Å². The van der Waals surface area contributed by atoms with E-state index in [1.807, 2.05) is 35.7 Å². The Hall–Kier alpha value is -3.32. The molecule has 4 rings (SSSR count). The number of nitrogens with one attached hydrogen (secondary N) is 2. The van der Waals surface area contributed by atoms with Gasteiger partial charge in [0, 0.05) is 29.6 Å². The topological polar surface area (TPSA) is 66.9 Å². The third-order valence-electron chi connectivity index (χ3n) is 4.23. The van der Waals surface area contributed by atoms with Gasteiger partial charge in [-0.3, -0.25) is 4.79 Å². The SMILES string of the molecule is O=C(CCNc1ncnc2scc(-c3ccc(F)cc3)c12)Nc1ccccc1. The molecule has 0 bridgehead atoms. The number of carbonyl (C=O) groups excluding carboxylic acids is 1. The molecule has 0 atom stereocenters. The molecule has 0 aliphatic heterocycles. The number of aromatic nitrogens is 2. The van der Waals surface area contributed by atoms with E-state index in [1.165, 1.54) is 29.8 Å². The first-order valence-corrected chi connectivity index (χ1v) is 9.65. The van der Waals surface area contributed by atoms with E-state index < -0.39 is 0 Å². The van der Waals surface area contributed by atoms with Gasteiger partial charge in [0.25, 0.3) is 0 Å². The van der Waals surface area contributed by atoms with Crippen molar-refractivity contribution >= 4 is 39.0 Å². The molecule has 0 unspecified atom stereocenters. The minimum absolute atomic E-state index is 0.0759. The second-order valence-electron chi connectivity index (χ2n) is 6.15. The average Bonchev–Trinajstić information content (AvgIpc) is 3.14. The zero-order chi connectivity index (χ0) is 19.3. The van der Waals surface area contributed by atoms with Gasteiger partial charge in [0.05, 0.1) is 5.39 Å². The first-order valence-electron chi connectivity index (χ1n) is 8.77. The first kappa shape index (κ1) is 18.1. The molecule has 28 heavy (non-hydrogen) atoms. The summed E-state index contributed by atoms with van der Waals surface area (Å²) in [5, 5.41) is 8.95. The number of nitrogens with zero attached hydrogens (tertiary/aromatic N) is 2. The summed E-state index contributed by atoms with van der Waals surface area (Å²) in [7, 11) is 0. The van der Waals surface area contributed by atoms with E-state index in [2.05, 4.69) is 20.6 Å². The summed E-state index contributed by atoms with van der Waals surface area (Å²) in [5.74, 6) is 0.313. The second-order valence-corrected chi connectivity index (χ2v) is 7.01. The minimum atomic E-state index is -0.276. The maximum atomic E-state index is 13.2. The Balaban J connectivity index is 1.49. The molecule has 0 saturated carbocycles. The molecule has 1 amide bonds. The number of halogens is 1. The van der Waals surface area contributed by atoms with Crippen LogP contribution in [0.3, 0.4) is 0 Å². The lowest BCUT2D eigenvalue weighted by atomic mass is 10.1. The highest BCUT2D eigenvalue weighted by molar-refractivity contribution is 7.17.